The van der Waals surface area contributed by atoms with Gasteiger partial charge in [0.1, 0.15) is 0 Å². The molecule has 1 nitrogen and oxygen atoms in total. The molecule has 1 aliphatic carbocycles. The fraction of sp³-hybridized carbons (Fsp3) is 0.600. The molecule has 17 heavy (non-hydrogen) atoms. The zero-order valence-electron chi connectivity index (χ0n) is 10.7. The monoisotopic (exact) mass is 293 g/mol. The average molecular weight is 294 g/mol. The second-order valence-electron chi connectivity index (χ2n) is 6.15. The molecule has 0 unspecified atom stereocenters. The molecule has 0 amide bonds. The van der Waals surface area contributed by atoms with E-state index in [9.17, 15) is 0 Å². The van der Waals surface area contributed by atoms with Gasteiger partial charge in [-0.25, -0.2) is 0 Å². The summed E-state index contributed by atoms with van der Waals surface area (Å²) >= 11 is 3.61. The topological polar surface area (TPSA) is 3.24 Å². The van der Waals surface area contributed by atoms with E-state index in [1.807, 2.05) is 0 Å². The SMILES string of the molecule is CN1CC[C@]2(C)C[C@@H](Cc3cc(Br)ccc32)C1. The lowest BCUT2D eigenvalue weighted by molar-refractivity contribution is 0.289. The van der Waals surface area contributed by atoms with Crippen LogP contribution in [0.25, 0.3) is 0 Å². The van der Waals surface area contributed by atoms with E-state index in [1.165, 1.54) is 36.8 Å². The minimum absolute atomic E-state index is 0.406. The number of rotatable bonds is 0. The van der Waals surface area contributed by atoms with Crippen molar-refractivity contribution in [3.63, 3.8) is 0 Å². The number of fused-ring (bicyclic) bond motifs is 4. The van der Waals surface area contributed by atoms with Crippen LogP contribution in [0.3, 0.4) is 0 Å². The van der Waals surface area contributed by atoms with E-state index in [0.29, 0.717) is 5.41 Å². The maximum atomic E-state index is 3.61. The van der Waals surface area contributed by atoms with Crippen LogP contribution in [0, 0.1) is 5.92 Å². The van der Waals surface area contributed by atoms with Crippen LogP contribution in [0.5, 0.6) is 0 Å². The van der Waals surface area contributed by atoms with Crippen molar-refractivity contribution in [1.82, 2.24) is 4.90 Å². The first-order valence-electron chi connectivity index (χ1n) is 6.54. The molecule has 2 atom stereocenters. The largest absolute Gasteiger partial charge is 0.306 e. The van der Waals surface area contributed by atoms with Gasteiger partial charge in [-0.3, -0.25) is 0 Å². The van der Waals surface area contributed by atoms with Gasteiger partial charge in [0.25, 0.3) is 0 Å². The standard InChI is InChI=1S/C15H20BrN/c1-15-5-6-17(2)10-11(9-15)7-12-8-13(16)3-4-14(12)15/h3-4,8,11H,5-7,9-10H2,1-2H3/t11-,15-/m1/s1. The molecule has 0 aromatic heterocycles. The summed E-state index contributed by atoms with van der Waals surface area (Å²) in [7, 11) is 2.27. The van der Waals surface area contributed by atoms with E-state index in [2.05, 4.69) is 53.0 Å². The zero-order valence-corrected chi connectivity index (χ0v) is 12.3. The Kier molecular flexibility index (Phi) is 2.83. The molecular formula is C15H20BrN. The van der Waals surface area contributed by atoms with Gasteiger partial charge in [0, 0.05) is 11.0 Å². The second kappa shape index (κ2) is 4.10. The number of nitrogens with zero attached hydrogens (tertiary/aromatic N) is 1. The summed E-state index contributed by atoms with van der Waals surface area (Å²) in [6.45, 7) is 4.97. The first-order chi connectivity index (χ1) is 8.07. The minimum atomic E-state index is 0.406. The van der Waals surface area contributed by atoms with E-state index in [0.717, 1.165) is 5.92 Å². The first kappa shape index (κ1) is 11.7. The molecule has 2 bridgehead atoms. The highest BCUT2D eigenvalue weighted by molar-refractivity contribution is 9.10. The Bertz CT molecular complexity index is 443. The third kappa shape index (κ3) is 2.06. The Balaban J connectivity index is 2.07. The van der Waals surface area contributed by atoms with E-state index in [1.54, 1.807) is 11.1 Å². The molecule has 2 aliphatic rings. The fourth-order valence-corrected chi connectivity index (χ4v) is 4.19. The Labute approximate surface area is 112 Å². The van der Waals surface area contributed by atoms with E-state index < -0.39 is 0 Å². The normalized spacial score (nSPS) is 33.0. The Hall–Kier alpha value is -0.340. The van der Waals surface area contributed by atoms with Crippen molar-refractivity contribution in [2.24, 2.45) is 5.92 Å². The predicted molar refractivity (Wildman–Crippen MR) is 75.4 cm³/mol. The van der Waals surface area contributed by atoms with E-state index in [-0.39, 0.29) is 0 Å². The van der Waals surface area contributed by atoms with Crippen LogP contribution in [-0.2, 0) is 11.8 Å². The van der Waals surface area contributed by atoms with Crippen molar-refractivity contribution in [1.29, 1.82) is 0 Å². The number of halogens is 1. The van der Waals surface area contributed by atoms with Gasteiger partial charge in [-0.1, -0.05) is 28.9 Å². The summed E-state index contributed by atoms with van der Waals surface area (Å²) in [5, 5.41) is 0. The fourth-order valence-electron chi connectivity index (χ4n) is 3.79. The summed E-state index contributed by atoms with van der Waals surface area (Å²) in [5.41, 5.74) is 3.59. The van der Waals surface area contributed by atoms with Gasteiger partial charge in [-0.05, 0) is 67.4 Å². The first-order valence-corrected chi connectivity index (χ1v) is 7.34. The molecule has 1 aliphatic heterocycles. The number of benzene rings is 1. The van der Waals surface area contributed by atoms with E-state index in [4.69, 9.17) is 0 Å². The lowest BCUT2D eigenvalue weighted by Crippen LogP contribution is -2.32. The van der Waals surface area contributed by atoms with Crippen molar-refractivity contribution >= 4 is 15.9 Å². The van der Waals surface area contributed by atoms with Gasteiger partial charge < -0.3 is 4.90 Å². The molecule has 1 aromatic rings. The van der Waals surface area contributed by atoms with Crippen LogP contribution in [-0.4, -0.2) is 25.0 Å². The zero-order chi connectivity index (χ0) is 12.0. The summed E-state index contributed by atoms with van der Waals surface area (Å²) in [6, 6.07) is 6.89. The molecule has 3 rings (SSSR count). The van der Waals surface area contributed by atoms with Crippen LogP contribution >= 0.6 is 15.9 Å². The molecule has 0 spiro atoms. The maximum absolute atomic E-state index is 3.61. The van der Waals surface area contributed by atoms with Crippen molar-refractivity contribution in [2.45, 2.75) is 31.6 Å². The smallest absolute Gasteiger partial charge is 0.0178 e. The molecule has 0 N–H and O–H groups in total. The predicted octanol–water partition coefficient (Wildman–Crippen LogP) is 3.60. The van der Waals surface area contributed by atoms with E-state index >= 15 is 0 Å². The molecule has 1 aromatic carbocycles. The minimum Gasteiger partial charge on any atom is -0.306 e. The summed E-state index contributed by atoms with van der Waals surface area (Å²) in [6.07, 6.45) is 3.93. The highest BCUT2D eigenvalue weighted by Gasteiger charge is 2.38. The molecule has 92 valence electrons. The summed E-state index contributed by atoms with van der Waals surface area (Å²) < 4.78 is 1.23. The van der Waals surface area contributed by atoms with Crippen molar-refractivity contribution < 1.29 is 0 Å². The van der Waals surface area contributed by atoms with Gasteiger partial charge in [-0.15, -0.1) is 0 Å². The van der Waals surface area contributed by atoms with Crippen molar-refractivity contribution in [3.8, 4) is 0 Å². The van der Waals surface area contributed by atoms with Crippen molar-refractivity contribution in [3.05, 3.63) is 33.8 Å². The summed E-state index contributed by atoms with van der Waals surface area (Å²) in [5.74, 6) is 0.842. The molecule has 1 heterocycles. The second-order valence-corrected chi connectivity index (χ2v) is 7.06. The van der Waals surface area contributed by atoms with Gasteiger partial charge in [0.2, 0.25) is 0 Å². The van der Waals surface area contributed by atoms with Crippen LogP contribution in [0.15, 0.2) is 22.7 Å². The van der Waals surface area contributed by atoms with Crippen LogP contribution in [0.4, 0.5) is 0 Å². The third-order valence-electron chi connectivity index (χ3n) is 4.58. The maximum Gasteiger partial charge on any atom is 0.0178 e. The molecule has 0 radical (unpaired) electrons. The molecule has 0 saturated carbocycles. The van der Waals surface area contributed by atoms with Crippen LogP contribution in [0.1, 0.15) is 30.9 Å². The Morgan fingerprint density at radius 2 is 2.24 bits per heavy atom. The highest BCUT2D eigenvalue weighted by Crippen LogP contribution is 2.44. The third-order valence-corrected chi connectivity index (χ3v) is 5.07. The Morgan fingerprint density at radius 3 is 3.06 bits per heavy atom. The molecule has 1 saturated heterocycles. The number of hydrogen-bond donors (Lipinski definition) is 0. The quantitative estimate of drug-likeness (QED) is 0.706. The number of hydrogen-bond acceptors (Lipinski definition) is 1. The highest BCUT2D eigenvalue weighted by atomic mass is 79.9. The average Bonchev–Trinajstić information content (AvgIpc) is 2.36. The van der Waals surface area contributed by atoms with Gasteiger partial charge in [0.05, 0.1) is 0 Å². The van der Waals surface area contributed by atoms with Gasteiger partial charge >= 0.3 is 0 Å². The van der Waals surface area contributed by atoms with Crippen LogP contribution in [0.2, 0.25) is 0 Å². The van der Waals surface area contributed by atoms with Crippen LogP contribution < -0.4 is 0 Å². The Morgan fingerprint density at radius 1 is 1.41 bits per heavy atom. The van der Waals surface area contributed by atoms with Crippen molar-refractivity contribution in [2.75, 3.05) is 20.1 Å². The summed E-state index contributed by atoms with van der Waals surface area (Å²) in [4.78, 5) is 2.51. The van der Waals surface area contributed by atoms with Gasteiger partial charge in [0.15, 0.2) is 0 Å². The molecule has 1 fully saturated rings. The number of likely N-dealkylation sites (tertiary alicyclic amines) is 1. The lowest BCUT2D eigenvalue weighted by Gasteiger charge is -2.38. The lowest BCUT2D eigenvalue weighted by atomic mass is 9.66. The van der Waals surface area contributed by atoms with Gasteiger partial charge in [-0.2, -0.15) is 0 Å². The molecule has 2 heteroatoms. The molecular weight excluding hydrogens is 274 g/mol.